The minimum absolute atomic E-state index is 0.491. The van der Waals surface area contributed by atoms with Gasteiger partial charge in [0.15, 0.2) is 0 Å². The summed E-state index contributed by atoms with van der Waals surface area (Å²) in [6.07, 6.45) is 8.16. The lowest BCUT2D eigenvalue weighted by molar-refractivity contribution is -0.435. The molecule has 0 atom stereocenters. The van der Waals surface area contributed by atoms with Crippen LogP contribution in [-0.4, -0.2) is 4.86 Å². The van der Waals surface area contributed by atoms with E-state index in [-0.39, 0.29) is 0 Å². The first-order valence-corrected chi connectivity index (χ1v) is 10.1. The van der Waals surface area contributed by atoms with Crippen molar-refractivity contribution >= 4 is 35.7 Å². The van der Waals surface area contributed by atoms with E-state index in [1.165, 1.54) is 0 Å². The van der Waals surface area contributed by atoms with Crippen LogP contribution in [0.5, 0.6) is 0 Å². The maximum Gasteiger partial charge on any atom is 0.244 e. The second kappa shape index (κ2) is 9.99. The summed E-state index contributed by atoms with van der Waals surface area (Å²) in [4.78, 5) is 0.652. The molecule has 4 aromatic rings. The molecule has 0 amide bonds. The fourth-order valence-corrected chi connectivity index (χ4v) is 3.04. The van der Waals surface area contributed by atoms with Crippen molar-refractivity contribution in [3.05, 3.63) is 137 Å². The van der Waals surface area contributed by atoms with E-state index in [2.05, 4.69) is 23.3 Å². The van der Waals surface area contributed by atoms with Crippen LogP contribution in [0.25, 0.3) is 24.3 Å². The lowest BCUT2D eigenvalue weighted by Crippen LogP contribution is -1.90. The van der Waals surface area contributed by atoms with Gasteiger partial charge in [0.05, 0.1) is 0 Å². The summed E-state index contributed by atoms with van der Waals surface area (Å²) in [6, 6.07) is 35.2. The van der Waals surface area contributed by atoms with Gasteiger partial charge >= 0.3 is 0 Å². The van der Waals surface area contributed by atoms with E-state index < -0.39 is 0 Å². The van der Waals surface area contributed by atoms with E-state index in [1.807, 2.05) is 103 Å². The molecule has 31 heavy (non-hydrogen) atoms. The molecule has 4 aromatic carbocycles. The molecular weight excluding hydrogens is 380 g/mol. The molecule has 0 aliphatic heterocycles. The van der Waals surface area contributed by atoms with Gasteiger partial charge in [0.2, 0.25) is 5.69 Å². The monoisotopic (exact) mass is 402 g/mol. The Kier molecular flexibility index (Phi) is 6.46. The molecule has 0 unspecified atom stereocenters. The fraction of sp³-hybridized carbons (Fsp3) is 0. The zero-order valence-electron chi connectivity index (χ0n) is 17.0. The van der Waals surface area contributed by atoms with Gasteiger partial charge < -0.3 is 5.21 Å². The maximum atomic E-state index is 12.4. The SMILES string of the molecule is [O-][N+](=Nc1ccc(/C=C/c2ccccc2)cc1)c1ccc(/C=C/c2ccccc2)cc1. The maximum absolute atomic E-state index is 12.4. The van der Waals surface area contributed by atoms with Crippen molar-refractivity contribution in [3.8, 4) is 0 Å². The number of hydrogen-bond donors (Lipinski definition) is 0. The van der Waals surface area contributed by atoms with Crippen molar-refractivity contribution in [1.29, 1.82) is 0 Å². The van der Waals surface area contributed by atoms with Gasteiger partial charge in [-0.1, -0.05) is 102 Å². The minimum atomic E-state index is 0.491. The molecule has 4 rings (SSSR count). The Labute approximate surface area is 182 Å². The van der Waals surface area contributed by atoms with Gasteiger partial charge in [-0.05, 0) is 46.5 Å². The molecule has 0 N–H and O–H groups in total. The molecule has 0 heterocycles. The second-order valence-electron chi connectivity index (χ2n) is 7.04. The number of nitrogens with zero attached hydrogens (tertiary/aromatic N) is 2. The van der Waals surface area contributed by atoms with Gasteiger partial charge in [0.25, 0.3) is 0 Å². The van der Waals surface area contributed by atoms with E-state index in [4.69, 9.17) is 0 Å². The Bertz CT molecular complexity index is 1190. The molecule has 3 heteroatoms. The van der Waals surface area contributed by atoms with Crippen molar-refractivity contribution < 1.29 is 4.86 Å². The average molecular weight is 402 g/mol. The summed E-state index contributed by atoms with van der Waals surface area (Å²) < 4.78 is 0. The van der Waals surface area contributed by atoms with E-state index in [0.29, 0.717) is 16.2 Å². The smallest absolute Gasteiger partial charge is 0.244 e. The van der Waals surface area contributed by atoms with Gasteiger partial charge in [-0.15, -0.1) is 0 Å². The molecule has 0 saturated heterocycles. The van der Waals surface area contributed by atoms with Crippen LogP contribution in [0.1, 0.15) is 22.3 Å². The molecule has 0 saturated carbocycles. The summed E-state index contributed by atoms with van der Waals surface area (Å²) in [6.45, 7) is 0. The molecule has 0 aliphatic rings. The van der Waals surface area contributed by atoms with E-state index >= 15 is 0 Å². The number of rotatable bonds is 6. The third kappa shape index (κ3) is 5.87. The minimum Gasteiger partial charge on any atom is -0.594 e. The van der Waals surface area contributed by atoms with Crippen molar-refractivity contribution in [3.63, 3.8) is 0 Å². The Hall–Kier alpha value is -4.24. The summed E-state index contributed by atoms with van der Waals surface area (Å²) in [5.41, 5.74) is 5.45. The topological polar surface area (TPSA) is 38.4 Å². The van der Waals surface area contributed by atoms with Crippen LogP contribution >= 0.6 is 0 Å². The summed E-state index contributed by atoms with van der Waals surface area (Å²) in [7, 11) is 0. The zero-order valence-corrected chi connectivity index (χ0v) is 17.0. The van der Waals surface area contributed by atoms with Crippen LogP contribution in [-0.2, 0) is 0 Å². The third-order valence-electron chi connectivity index (χ3n) is 4.75. The van der Waals surface area contributed by atoms with Crippen molar-refractivity contribution in [2.45, 2.75) is 0 Å². The normalized spacial score (nSPS) is 11.9. The number of hydrogen-bond acceptors (Lipinski definition) is 2. The number of benzene rings is 4. The van der Waals surface area contributed by atoms with E-state index in [9.17, 15) is 5.21 Å². The van der Waals surface area contributed by atoms with Crippen LogP contribution in [0.4, 0.5) is 11.4 Å². The Balaban J connectivity index is 1.41. The summed E-state index contributed by atoms with van der Waals surface area (Å²) in [5, 5.41) is 16.6. The Morgan fingerprint density at radius 2 is 0.871 bits per heavy atom. The van der Waals surface area contributed by atoms with Crippen LogP contribution < -0.4 is 0 Å². The second-order valence-corrected chi connectivity index (χ2v) is 7.04. The molecule has 0 spiro atoms. The van der Waals surface area contributed by atoms with E-state index in [0.717, 1.165) is 22.3 Å². The zero-order chi connectivity index (χ0) is 21.3. The molecule has 0 aliphatic carbocycles. The molecular formula is C28H22N2O. The standard InChI is InChI=1S/C28H22N2O/c31-30(28-21-17-26(18-22-28)14-12-24-9-5-2-6-10-24)29-27-19-15-25(16-20-27)13-11-23-7-3-1-4-8-23/h1-22H/b13-11+,14-12+,30-29?. The first-order chi connectivity index (χ1) is 15.3. The third-order valence-corrected chi connectivity index (χ3v) is 4.75. The van der Waals surface area contributed by atoms with Gasteiger partial charge in [-0.3, -0.25) is 0 Å². The van der Waals surface area contributed by atoms with Crippen LogP contribution in [0, 0.1) is 5.21 Å². The molecule has 0 aromatic heterocycles. The van der Waals surface area contributed by atoms with Crippen LogP contribution in [0.3, 0.4) is 0 Å². The highest BCUT2D eigenvalue weighted by Gasteiger charge is 2.04. The molecule has 0 bridgehead atoms. The van der Waals surface area contributed by atoms with Crippen LogP contribution in [0.15, 0.2) is 114 Å². The number of azo groups is 1. The van der Waals surface area contributed by atoms with Gasteiger partial charge in [-0.25, -0.2) is 0 Å². The molecule has 0 radical (unpaired) electrons. The van der Waals surface area contributed by atoms with Gasteiger partial charge in [-0.2, -0.15) is 0 Å². The first-order valence-electron chi connectivity index (χ1n) is 10.1. The van der Waals surface area contributed by atoms with Gasteiger partial charge in [0, 0.05) is 17.2 Å². The van der Waals surface area contributed by atoms with Gasteiger partial charge in [0.1, 0.15) is 5.69 Å². The Morgan fingerprint density at radius 3 is 1.32 bits per heavy atom. The summed E-state index contributed by atoms with van der Waals surface area (Å²) in [5.74, 6) is 0. The molecule has 150 valence electrons. The predicted molar refractivity (Wildman–Crippen MR) is 129 cm³/mol. The fourth-order valence-electron chi connectivity index (χ4n) is 3.04. The molecule has 3 nitrogen and oxygen atoms in total. The highest BCUT2D eigenvalue weighted by Crippen LogP contribution is 2.20. The van der Waals surface area contributed by atoms with Crippen molar-refractivity contribution in [2.24, 2.45) is 5.11 Å². The lowest BCUT2D eigenvalue weighted by atomic mass is 10.1. The summed E-state index contributed by atoms with van der Waals surface area (Å²) >= 11 is 0. The van der Waals surface area contributed by atoms with E-state index in [1.54, 1.807) is 12.1 Å². The predicted octanol–water partition coefficient (Wildman–Crippen LogP) is 7.95. The highest BCUT2D eigenvalue weighted by atomic mass is 16.5. The van der Waals surface area contributed by atoms with Crippen LogP contribution in [0.2, 0.25) is 0 Å². The average Bonchev–Trinajstić information content (AvgIpc) is 2.84. The Morgan fingerprint density at radius 1 is 0.484 bits per heavy atom. The molecule has 0 fully saturated rings. The highest BCUT2D eigenvalue weighted by molar-refractivity contribution is 5.70. The van der Waals surface area contributed by atoms with Crippen molar-refractivity contribution in [2.75, 3.05) is 0 Å². The lowest BCUT2D eigenvalue weighted by Gasteiger charge is -2.01. The quantitative estimate of drug-likeness (QED) is 0.139. The largest absolute Gasteiger partial charge is 0.594 e. The van der Waals surface area contributed by atoms with Crippen molar-refractivity contribution in [1.82, 2.24) is 0 Å². The first kappa shape index (κ1) is 20.0.